The van der Waals surface area contributed by atoms with Gasteiger partial charge in [0.25, 0.3) is 0 Å². The van der Waals surface area contributed by atoms with E-state index in [1.54, 1.807) is 7.11 Å². The SMILES string of the molecule is COc1ccc(CN2CCC2)cc1CN. The van der Waals surface area contributed by atoms with Crippen LogP contribution in [0.25, 0.3) is 0 Å². The zero-order valence-electron chi connectivity index (χ0n) is 9.20. The van der Waals surface area contributed by atoms with Crippen LogP contribution in [-0.4, -0.2) is 25.1 Å². The molecule has 2 N–H and O–H groups in total. The maximum atomic E-state index is 5.68. The number of nitrogens with two attached hydrogens (primary N) is 1. The molecule has 0 saturated carbocycles. The van der Waals surface area contributed by atoms with Crippen molar-refractivity contribution in [3.05, 3.63) is 29.3 Å². The lowest BCUT2D eigenvalue weighted by atomic mass is 10.1. The van der Waals surface area contributed by atoms with Gasteiger partial charge in [0.2, 0.25) is 0 Å². The minimum Gasteiger partial charge on any atom is -0.496 e. The Balaban J connectivity index is 2.10. The van der Waals surface area contributed by atoms with Crippen molar-refractivity contribution in [2.75, 3.05) is 20.2 Å². The summed E-state index contributed by atoms with van der Waals surface area (Å²) < 4.78 is 5.24. The molecule has 0 bridgehead atoms. The highest BCUT2D eigenvalue weighted by molar-refractivity contribution is 5.37. The van der Waals surface area contributed by atoms with Gasteiger partial charge in [-0.2, -0.15) is 0 Å². The van der Waals surface area contributed by atoms with Gasteiger partial charge in [0, 0.05) is 18.7 Å². The summed E-state index contributed by atoms with van der Waals surface area (Å²) in [6.07, 6.45) is 1.33. The van der Waals surface area contributed by atoms with Gasteiger partial charge in [-0.15, -0.1) is 0 Å². The molecule has 0 radical (unpaired) electrons. The predicted molar refractivity (Wildman–Crippen MR) is 60.8 cm³/mol. The van der Waals surface area contributed by atoms with E-state index >= 15 is 0 Å². The number of hydrogen-bond acceptors (Lipinski definition) is 3. The molecule has 0 unspecified atom stereocenters. The molecule has 2 rings (SSSR count). The second kappa shape index (κ2) is 4.64. The summed E-state index contributed by atoms with van der Waals surface area (Å²) in [4.78, 5) is 2.43. The largest absolute Gasteiger partial charge is 0.496 e. The predicted octanol–water partition coefficient (Wildman–Crippen LogP) is 1.36. The van der Waals surface area contributed by atoms with Gasteiger partial charge in [0.05, 0.1) is 7.11 Å². The smallest absolute Gasteiger partial charge is 0.123 e. The van der Waals surface area contributed by atoms with E-state index in [1.165, 1.54) is 25.1 Å². The summed E-state index contributed by atoms with van der Waals surface area (Å²) in [5.74, 6) is 0.893. The molecule has 15 heavy (non-hydrogen) atoms. The van der Waals surface area contributed by atoms with Gasteiger partial charge in [-0.3, -0.25) is 4.90 Å². The van der Waals surface area contributed by atoms with Crippen LogP contribution in [0.4, 0.5) is 0 Å². The highest BCUT2D eigenvalue weighted by Crippen LogP contribution is 2.21. The van der Waals surface area contributed by atoms with Gasteiger partial charge in [0.1, 0.15) is 5.75 Å². The van der Waals surface area contributed by atoms with Gasteiger partial charge >= 0.3 is 0 Å². The fourth-order valence-corrected chi connectivity index (χ4v) is 1.89. The molecule has 0 atom stereocenters. The Bertz CT molecular complexity index is 334. The minimum atomic E-state index is 0.539. The molecule has 3 nitrogen and oxygen atoms in total. The molecular formula is C12H18N2O. The van der Waals surface area contributed by atoms with E-state index in [4.69, 9.17) is 10.5 Å². The van der Waals surface area contributed by atoms with Crippen molar-refractivity contribution in [2.45, 2.75) is 19.5 Å². The number of methoxy groups -OCH3 is 1. The first kappa shape index (κ1) is 10.5. The van der Waals surface area contributed by atoms with Gasteiger partial charge < -0.3 is 10.5 Å². The molecule has 1 aromatic carbocycles. The van der Waals surface area contributed by atoms with Crippen LogP contribution in [0.5, 0.6) is 5.75 Å². The standard InChI is InChI=1S/C12H18N2O/c1-15-12-4-3-10(7-11(12)8-13)9-14-5-2-6-14/h3-4,7H,2,5-6,8-9,13H2,1H3. The molecule has 82 valence electrons. The maximum absolute atomic E-state index is 5.68. The highest BCUT2D eigenvalue weighted by atomic mass is 16.5. The van der Waals surface area contributed by atoms with Crippen LogP contribution in [0, 0.1) is 0 Å². The van der Waals surface area contributed by atoms with E-state index in [2.05, 4.69) is 17.0 Å². The van der Waals surface area contributed by atoms with Crippen LogP contribution in [0.15, 0.2) is 18.2 Å². The average molecular weight is 206 g/mol. The third-order valence-electron chi connectivity index (χ3n) is 2.92. The van der Waals surface area contributed by atoms with Crippen molar-refractivity contribution >= 4 is 0 Å². The Hall–Kier alpha value is -1.06. The maximum Gasteiger partial charge on any atom is 0.123 e. The lowest BCUT2D eigenvalue weighted by Gasteiger charge is -2.30. The third-order valence-corrected chi connectivity index (χ3v) is 2.92. The van der Waals surface area contributed by atoms with E-state index in [9.17, 15) is 0 Å². The fourth-order valence-electron chi connectivity index (χ4n) is 1.89. The van der Waals surface area contributed by atoms with E-state index in [0.29, 0.717) is 6.54 Å². The second-order valence-corrected chi connectivity index (χ2v) is 3.98. The summed E-state index contributed by atoms with van der Waals surface area (Å²) >= 11 is 0. The molecule has 1 aromatic rings. The Morgan fingerprint density at radius 2 is 2.20 bits per heavy atom. The van der Waals surface area contributed by atoms with E-state index in [0.717, 1.165) is 17.9 Å². The molecule has 1 heterocycles. The van der Waals surface area contributed by atoms with Crippen molar-refractivity contribution in [3.8, 4) is 5.75 Å². The Morgan fingerprint density at radius 1 is 1.40 bits per heavy atom. The number of nitrogens with zero attached hydrogens (tertiary/aromatic N) is 1. The molecule has 0 aliphatic carbocycles. The number of rotatable bonds is 4. The first-order valence-electron chi connectivity index (χ1n) is 5.41. The van der Waals surface area contributed by atoms with Crippen molar-refractivity contribution in [1.29, 1.82) is 0 Å². The van der Waals surface area contributed by atoms with Crippen LogP contribution in [0.2, 0.25) is 0 Å². The summed E-state index contributed by atoms with van der Waals surface area (Å²) in [5, 5.41) is 0. The molecule has 0 spiro atoms. The first-order chi connectivity index (χ1) is 7.33. The zero-order valence-corrected chi connectivity index (χ0v) is 9.20. The van der Waals surface area contributed by atoms with Gasteiger partial charge in [-0.25, -0.2) is 0 Å². The lowest BCUT2D eigenvalue weighted by Crippen LogP contribution is -2.36. The van der Waals surface area contributed by atoms with Crippen LogP contribution < -0.4 is 10.5 Å². The normalized spacial score (nSPS) is 16.1. The molecule has 0 aromatic heterocycles. The molecule has 3 heteroatoms. The first-order valence-corrected chi connectivity index (χ1v) is 5.41. The molecule has 1 aliphatic heterocycles. The summed E-state index contributed by atoms with van der Waals surface area (Å²) in [6.45, 7) is 4.03. The lowest BCUT2D eigenvalue weighted by molar-refractivity contribution is 0.172. The zero-order chi connectivity index (χ0) is 10.7. The molecule has 0 amide bonds. The fraction of sp³-hybridized carbons (Fsp3) is 0.500. The van der Waals surface area contributed by atoms with Crippen LogP contribution in [0.3, 0.4) is 0 Å². The monoisotopic (exact) mass is 206 g/mol. The van der Waals surface area contributed by atoms with Crippen molar-refractivity contribution < 1.29 is 4.74 Å². The van der Waals surface area contributed by atoms with Crippen molar-refractivity contribution in [3.63, 3.8) is 0 Å². The van der Waals surface area contributed by atoms with E-state index < -0.39 is 0 Å². The summed E-state index contributed by atoms with van der Waals surface area (Å²) in [5.41, 5.74) is 8.10. The van der Waals surface area contributed by atoms with Gasteiger partial charge in [0.15, 0.2) is 0 Å². The second-order valence-electron chi connectivity index (χ2n) is 3.98. The quantitative estimate of drug-likeness (QED) is 0.808. The Morgan fingerprint density at radius 3 is 2.73 bits per heavy atom. The van der Waals surface area contributed by atoms with E-state index in [-0.39, 0.29) is 0 Å². The van der Waals surface area contributed by atoms with Gasteiger partial charge in [-0.05, 0) is 37.2 Å². The highest BCUT2D eigenvalue weighted by Gasteiger charge is 2.14. The Kier molecular flexibility index (Phi) is 3.23. The van der Waals surface area contributed by atoms with E-state index in [1.807, 2.05) is 6.07 Å². The topological polar surface area (TPSA) is 38.5 Å². The van der Waals surface area contributed by atoms with Crippen LogP contribution >= 0.6 is 0 Å². The molecule has 1 fully saturated rings. The summed E-state index contributed by atoms with van der Waals surface area (Å²) in [7, 11) is 1.68. The van der Waals surface area contributed by atoms with Gasteiger partial charge in [-0.1, -0.05) is 6.07 Å². The number of ether oxygens (including phenoxy) is 1. The summed E-state index contributed by atoms with van der Waals surface area (Å²) in [6, 6.07) is 6.28. The molecule has 1 saturated heterocycles. The minimum absolute atomic E-state index is 0.539. The number of benzene rings is 1. The number of hydrogen-bond donors (Lipinski definition) is 1. The van der Waals surface area contributed by atoms with Crippen molar-refractivity contribution in [1.82, 2.24) is 4.90 Å². The molecule has 1 aliphatic rings. The third kappa shape index (κ3) is 2.30. The Labute approximate surface area is 90.8 Å². The van der Waals surface area contributed by atoms with Crippen LogP contribution in [-0.2, 0) is 13.1 Å². The number of likely N-dealkylation sites (tertiary alicyclic amines) is 1. The average Bonchev–Trinajstić information content (AvgIpc) is 2.23. The molecular weight excluding hydrogens is 188 g/mol. The van der Waals surface area contributed by atoms with Crippen LogP contribution in [0.1, 0.15) is 17.5 Å². The van der Waals surface area contributed by atoms with Crippen molar-refractivity contribution in [2.24, 2.45) is 5.73 Å².